The van der Waals surface area contributed by atoms with Gasteiger partial charge in [-0.3, -0.25) is 0 Å². The average molecular weight is 278 g/mol. The van der Waals surface area contributed by atoms with Crippen molar-refractivity contribution in [3.05, 3.63) is 59.7 Å². The normalized spacial score (nSPS) is 13.5. The molecule has 0 radical (unpaired) electrons. The van der Waals surface area contributed by atoms with E-state index in [-0.39, 0.29) is 6.61 Å². The van der Waals surface area contributed by atoms with E-state index in [1.54, 1.807) is 0 Å². The summed E-state index contributed by atoms with van der Waals surface area (Å²) in [7, 11) is 0. The van der Waals surface area contributed by atoms with Gasteiger partial charge in [0.2, 0.25) is 0 Å². The van der Waals surface area contributed by atoms with E-state index in [0.717, 1.165) is 23.9 Å². The topological polar surface area (TPSA) is 45.0 Å². The third-order valence-corrected chi connectivity index (χ3v) is 3.71. The van der Waals surface area contributed by atoms with Crippen molar-refractivity contribution in [1.82, 2.24) is 0 Å². The van der Waals surface area contributed by atoms with Gasteiger partial charge in [0.1, 0.15) is 11.8 Å². The van der Waals surface area contributed by atoms with Crippen molar-refractivity contribution < 1.29 is 4.74 Å². The molecule has 0 spiro atoms. The van der Waals surface area contributed by atoms with E-state index < -0.39 is 0 Å². The smallest absolute Gasteiger partial charge is 0.174 e. The number of nitrogens with zero attached hydrogens (tertiary/aromatic N) is 1. The first-order valence-electron chi connectivity index (χ1n) is 7.28. The van der Waals surface area contributed by atoms with Gasteiger partial charge in [-0.2, -0.15) is 5.26 Å². The maximum absolute atomic E-state index is 8.48. The molecule has 1 N–H and O–H groups in total. The predicted molar refractivity (Wildman–Crippen MR) is 83.3 cm³/mol. The molecule has 1 aliphatic carbocycles. The van der Waals surface area contributed by atoms with Gasteiger partial charge < -0.3 is 10.1 Å². The van der Waals surface area contributed by atoms with Crippen LogP contribution in [0.1, 0.15) is 29.9 Å². The summed E-state index contributed by atoms with van der Waals surface area (Å²) in [4.78, 5) is 0. The second-order valence-corrected chi connectivity index (χ2v) is 5.30. The van der Waals surface area contributed by atoms with E-state index in [0.29, 0.717) is 0 Å². The fraction of sp³-hybridized carbons (Fsp3) is 0.278. The first-order chi connectivity index (χ1) is 10.4. The Kier molecular flexibility index (Phi) is 4.07. The van der Waals surface area contributed by atoms with Gasteiger partial charge in [0.25, 0.3) is 0 Å². The van der Waals surface area contributed by atoms with E-state index in [1.807, 2.05) is 30.3 Å². The van der Waals surface area contributed by atoms with Crippen LogP contribution in [0.5, 0.6) is 5.75 Å². The minimum atomic E-state index is 0.0849. The summed E-state index contributed by atoms with van der Waals surface area (Å²) in [6.45, 7) is 0.923. The lowest BCUT2D eigenvalue weighted by Crippen LogP contribution is -2.02. The number of nitrogens with one attached hydrogen (secondary N) is 1. The van der Waals surface area contributed by atoms with Crippen molar-refractivity contribution in [2.75, 3.05) is 11.9 Å². The van der Waals surface area contributed by atoms with Gasteiger partial charge in [-0.15, -0.1) is 0 Å². The Balaban J connectivity index is 1.61. The second kappa shape index (κ2) is 6.32. The molecule has 1 fully saturated rings. The van der Waals surface area contributed by atoms with Crippen LogP contribution in [0.2, 0.25) is 0 Å². The Labute approximate surface area is 125 Å². The van der Waals surface area contributed by atoms with Crippen molar-refractivity contribution in [1.29, 1.82) is 5.26 Å². The molecule has 1 aliphatic rings. The quantitative estimate of drug-likeness (QED) is 0.866. The molecular formula is C18H18N2O. The standard InChI is InChI=1S/C18H18N2O/c19-11-12-21-17-9-7-16(8-10-17)20-13-15-3-1-2-4-18(15)14-5-6-14/h1-4,7-10,14,20H,5-6,12-13H2. The largest absolute Gasteiger partial charge is 0.479 e. The van der Waals surface area contributed by atoms with Gasteiger partial charge in [0.15, 0.2) is 6.61 Å². The number of nitriles is 1. The van der Waals surface area contributed by atoms with Crippen LogP contribution < -0.4 is 10.1 Å². The van der Waals surface area contributed by atoms with Gasteiger partial charge in [-0.05, 0) is 54.2 Å². The van der Waals surface area contributed by atoms with Crippen LogP contribution in [0.25, 0.3) is 0 Å². The molecule has 0 aromatic heterocycles. The molecule has 0 amide bonds. The van der Waals surface area contributed by atoms with Crippen molar-refractivity contribution in [2.45, 2.75) is 25.3 Å². The van der Waals surface area contributed by atoms with Crippen LogP contribution in [-0.2, 0) is 6.54 Å². The average Bonchev–Trinajstić information content (AvgIpc) is 3.37. The molecule has 0 bridgehead atoms. The maximum Gasteiger partial charge on any atom is 0.174 e. The summed E-state index contributed by atoms with van der Waals surface area (Å²) in [5, 5.41) is 11.9. The molecular weight excluding hydrogens is 260 g/mol. The summed E-state index contributed by atoms with van der Waals surface area (Å²) in [6.07, 6.45) is 2.64. The Morgan fingerprint density at radius 2 is 1.86 bits per heavy atom. The lowest BCUT2D eigenvalue weighted by atomic mass is 10.0. The number of rotatable bonds is 6. The molecule has 3 heteroatoms. The van der Waals surface area contributed by atoms with Crippen molar-refractivity contribution in [3.63, 3.8) is 0 Å². The van der Waals surface area contributed by atoms with E-state index in [2.05, 4.69) is 29.6 Å². The van der Waals surface area contributed by atoms with Gasteiger partial charge in [-0.1, -0.05) is 24.3 Å². The third kappa shape index (κ3) is 3.55. The van der Waals surface area contributed by atoms with Crippen LogP contribution in [0.4, 0.5) is 5.69 Å². The van der Waals surface area contributed by atoms with Crippen molar-refractivity contribution in [3.8, 4) is 11.8 Å². The lowest BCUT2D eigenvalue weighted by Gasteiger charge is -2.11. The SMILES string of the molecule is N#CCOc1ccc(NCc2ccccc2C2CC2)cc1. The fourth-order valence-corrected chi connectivity index (χ4v) is 2.47. The third-order valence-electron chi connectivity index (χ3n) is 3.71. The van der Waals surface area contributed by atoms with Gasteiger partial charge in [0.05, 0.1) is 0 Å². The molecule has 0 atom stereocenters. The highest BCUT2D eigenvalue weighted by atomic mass is 16.5. The molecule has 3 nitrogen and oxygen atoms in total. The Morgan fingerprint density at radius 3 is 2.57 bits per heavy atom. The summed E-state index contributed by atoms with van der Waals surface area (Å²) >= 11 is 0. The second-order valence-electron chi connectivity index (χ2n) is 5.30. The van der Waals surface area contributed by atoms with Gasteiger partial charge in [0, 0.05) is 12.2 Å². The van der Waals surface area contributed by atoms with Crippen LogP contribution >= 0.6 is 0 Å². The molecule has 0 aliphatic heterocycles. The summed E-state index contributed by atoms with van der Waals surface area (Å²) in [5.74, 6) is 1.49. The minimum absolute atomic E-state index is 0.0849. The zero-order valence-electron chi connectivity index (χ0n) is 11.9. The number of hydrogen-bond donors (Lipinski definition) is 1. The van der Waals surface area contributed by atoms with Crippen LogP contribution in [0, 0.1) is 11.3 Å². The summed E-state index contributed by atoms with van der Waals surface area (Å²) in [6, 6.07) is 18.3. The van der Waals surface area contributed by atoms with Gasteiger partial charge in [-0.25, -0.2) is 0 Å². The zero-order valence-corrected chi connectivity index (χ0v) is 11.9. The minimum Gasteiger partial charge on any atom is -0.479 e. The molecule has 0 heterocycles. The van der Waals surface area contributed by atoms with E-state index in [1.165, 1.54) is 24.0 Å². The number of ether oxygens (including phenoxy) is 1. The van der Waals surface area contributed by atoms with Crippen LogP contribution in [-0.4, -0.2) is 6.61 Å². The zero-order chi connectivity index (χ0) is 14.5. The van der Waals surface area contributed by atoms with E-state index >= 15 is 0 Å². The Bertz CT molecular complexity index is 639. The molecule has 0 saturated heterocycles. The maximum atomic E-state index is 8.48. The molecule has 106 valence electrons. The first-order valence-corrected chi connectivity index (χ1v) is 7.28. The Morgan fingerprint density at radius 1 is 1.10 bits per heavy atom. The molecule has 2 aromatic carbocycles. The molecule has 2 aromatic rings. The highest BCUT2D eigenvalue weighted by molar-refractivity contribution is 5.47. The molecule has 0 unspecified atom stereocenters. The molecule has 3 rings (SSSR count). The van der Waals surface area contributed by atoms with Crippen LogP contribution in [0.3, 0.4) is 0 Å². The highest BCUT2D eigenvalue weighted by Gasteiger charge is 2.25. The number of benzene rings is 2. The highest BCUT2D eigenvalue weighted by Crippen LogP contribution is 2.41. The Hall–Kier alpha value is -2.47. The summed E-state index contributed by atoms with van der Waals surface area (Å²) in [5.41, 5.74) is 3.92. The number of anilines is 1. The first kappa shape index (κ1) is 13.5. The fourth-order valence-electron chi connectivity index (χ4n) is 2.47. The summed E-state index contributed by atoms with van der Waals surface area (Å²) < 4.78 is 5.24. The number of hydrogen-bond acceptors (Lipinski definition) is 3. The molecule has 21 heavy (non-hydrogen) atoms. The van der Waals surface area contributed by atoms with Crippen molar-refractivity contribution in [2.24, 2.45) is 0 Å². The molecule has 1 saturated carbocycles. The van der Waals surface area contributed by atoms with E-state index in [4.69, 9.17) is 10.00 Å². The van der Waals surface area contributed by atoms with Crippen molar-refractivity contribution >= 4 is 5.69 Å². The lowest BCUT2D eigenvalue weighted by molar-refractivity contribution is 0.368. The monoisotopic (exact) mass is 278 g/mol. The predicted octanol–water partition coefficient (Wildman–Crippen LogP) is 4.08. The van der Waals surface area contributed by atoms with E-state index in [9.17, 15) is 0 Å². The van der Waals surface area contributed by atoms with Gasteiger partial charge >= 0.3 is 0 Å². The van der Waals surface area contributed by atoms with Crippen LogP contribution in [0.15, 0.2) is 48.5 Å².